The van der Waals surface area contributed by atoms with Crippen LogP contribution in [0.25, 0.3) is 0 Å². The number of fused-ring (bicyclic) bond motifs is 3. The summed E-state index contributed by atoms with van der Waals surface area (Å²) < 4.78 is 0. The molecule has 4 nitrogen and oxygen atoms in total. The molecule has 2 aromatic rings. The molecule has 3 heterocycles. The Balaban J connectivity index is 1.58. The SMILES string of the molecule is C=C/C=C(\C=C)[C@H](C1=CC=CCC1)N1C(=O)[C@@H]2SS[C@H]1C(=O)N2C(c1ccccc1)c1ccccc1. The number of hydrogen-bond acceptors (Lipinski definition) is 4. The van der Waals surface area contributed by atoms with Gasteiger partial charge in [0.2, 0.25) is 0 Å². The minimum absolute atomic E-state index is 0.0416. The van der Waals surface area contributed by atoms with E-state index in [2.05, 4.69) is 25.3 Å². The van der Waals surface area contributed by atoms with Crippen LogP contribution in [0.3, 0.4) is 0 Å². The molecule has 4 aliphatic rings. The topological polar surface area (TPSA) is 40.6 Å². The van der Waals surface area contributed by atoms with Gasteiger partial charge in [-0.25, -0.2) is 0 Å². The first-order chi connectivity index (χ1) is 17.7. The van der Waals surface area contributed by atoms with Gasteiger partial charge in [0.25, 0.3) is 11.8 Å². The standard InChI is InChI=1S/C30H28N2O2S2/c1-3-14-21(4-2)25(22-15-8-5-9-16-22)31-27(33)30-32(28(34)29(31)35-36-30)26(23-17-10-6-11-18-23)24-19-12-7-13-20-24/h3-8,10-15,17-20,25-26,29-30H,1-2,9,16H2/b21-14+/t25-,29+,30+/m1/s1. The number of rotatable bonds is 8. The van der Waals surface area contributed by atoms with E-state index in [0.717, 1.165) is 35.1 Å². The summed E-state index contributed by atoms with van der Waals surface area (Å²) in [5.41, 5.74) is 3.97. The molecule has 2 aromatic carbocycles. The Morgan fingerprint density at radius 2 is 1.47 bits per heavy atom. The molecular weight excluding hydrogens is 484 g/mol. The number of piperazine rings is 1. The zero-order chi connectivity index (χ0) is 25.1. The second-order valence-electron chi connectivity index (χ2n) is 8.83. The Bertz CT molecular complexity index is 1210. The molecular formula is C30H28N2O2S2. The number of benzene rings is 2. The van der Waals surface area contributed by atoms with Gasteiger partial charge in [-0.3, -0.25) is 9.59 Å². The number of amides is 2. The van der Waals surface area contributed by atoms with Crippen molar-refractivity contribution >= 4 is 33.4 Å². The summed E-state index contributed by atoms with van der Waals surface area (Å²) >= 11 is 0. The summed E-state index contributed by atoms with van der Waals surface area (Å²) in [6, 6.07) is 19.2. The fourth-order valence-electron chi connectivity index (χ4n) is 5.12. The molecule has 6 heteroatoms. The van der Waals surface area contributed by atoms with E-state index in [0.29, 0.717) is 0 Å². The van der Waals surface area contributed by atoms with Gasteiger partial charge in [0.05, 0.1) is 12.1 Å². The average molecular weight is 513 g/mol. The van der Waals surface area contributed by atoms with Gasteiger partial charge in [-0.05, 0) is 35.1 Å². The van der Waals surface area contributed by atoms with Crippen LogP contribution in [-0.4, -0.2) is 38.4 Å². The minimum Gasteiger partial charge on any atom is -0.308 e. The van der Waals surface area contributed by atoms with Crippen LogP contribution in [0.4, 0.5) is 0 Å². The van der Waals surface area contributed by atoms with Crippen molar-refractivity contribution in [2.24, 2.45) is 0 Å². The minimum atomic E-state index is -0.632. The Kier molecular flexibility index (Phi) is 7.35. The number of hydrogen-bond donors (Lipinski definition) is 0. The first-order valence-corrected chi connectivity index (χ1v) is 14.3. The second kappa shape index (κ2) is 10.8. The maximum absolute atomic E-state index is 14.2. The third-order valence-electron chi connectivity index (χ3n) is 6.72. The lowest BCUT2D eigenvalue weighted by Crippen LogP contribution is -2.68. The van der Waals surface area contributed by atoms with Crippen molar-refractivity contribution in [2.75, 3.05) is 0 Å². The molecule has 3 aliphatic heterocycles. The predicted octanol–water partition coefficient (Wildman–Crippen LogP) is 6.44. The Morgan fingerprint density at radius 3 is 2.00 bits per heavy atom. The smallest absolute Gasteiger partial charge is 0.258 e. The van der Waals surface area contributed by atoms with Crippen LogP contribution >= 0.6 is 21.6 Å². The van der Waals surface area contributed by atoms with Crippen molar-refractivity contribution in [2.45, 2.75) is 35.7 Å². The molecule has 0 saturated carbocycles. The van der Waals surface area contributed by atoms with E-state index in [9.17, 15) is 9.59 Å². The lowest BCUT2D eigenvalue weighted by Gasteiger charge is -2.53. The highest BCUT2D eigenvalue weighted by atomic mass is 33.1. The van der Waals surface area contributed by atoms with E-state index in [-0.39, 0.29) is 23.9 Å². The van der Waals surface area contributed by atoms with Gasteiger partial charge in [-0.1, -0.05) is 132 Å². The number of nitrogens with zero attached hydrogens (tertiary/aromatic N) is 2. The maximum Gasteiger partial charge on any atom is 0.258 e. The quantitative estimate of drug-likeness (QED) is 0.302. The van der Waals surface area contributed by atoms with Crippen LogP contribution in [0.2, 0.25) is 0 Å². The first-order valence-electron chi connectivity index (χ1n) is 12.0. The molecule has 2 amide bonds. The summed E-state index contributed by atoms with van der Waals surface area (Å²) in [7, 11) is 2.96. The van der Waals surface area contributed by atoms with Crippen LogP contribution < -0.4 is 0 Å². The fraction of sp³-hybridized carbons (Fsp3) is 0.200. The van der Waals surface area contributed by atoms with Gasteiger partial charge in [-0.2, -0.15) is 0 Å². The van der Waals surface area contributed by atoms with Gasteiger partial charge in [0, 0.05) is 0 Å². The van der Waals surface area contributed by atoms with E-state index >= 15 is 0 Å². The molecule has 36 heavy (non-hydrogen) atoms. The van der Waals surface area contributed by atoms with Crippen molar-refractivity contribution in [3.63, 3.8) is 0 Å². The predicted molar refractivity (Wildman–Crippen MR) is 150 cm³/mol. The van der Waals surface area contributed by atoms with Crippen molar-refractivity contribution in [3.8, 4) is 0 Å². The molecule has 0 spiro atoms. The largest absolute Gasteiger partial charge is 0.308 e. The molecule has 0 radical (unpaired) electrons. The van der Waals surface area contributed by atoms with E-state index in [1.165, 1.54) is 21.6 Å². The summed E-state index contributed by atoms with van der Waals surface area (Å²) in [6.07, 6.45) is 13.3. The van der Waals surface area contributed by atoms with Crippen LogP contribution in [0.15, 0.2) is 121 Å². The van der Waals surface area contributed by atoms with Gasteiger partial charge in [0.15, 0.2) is 10.7 Å². The molecule has 3 saturated heterocycles. The average Bonchev–Trinajstić information content (AvgIpc) is 2.93. The van der Waals surface area contributed by atoms with Gasteiger partial charge < -0.3 is 9.80 Å². The van der Waals surface area contributed by atoms with Crippen molar-refractivity contribution in [1.29, 1.82) is 0 Å². The summed E-state index contributed by atoms with van der Waals surface area (Å²) in [5, 5.41) is -1.26. The number of allylic oxidation sites excluding steroid dienone is 5. The second-order valence-corrected chi connectivity index (χ2v) is 11.3. The molecule has 182 valence electrons. The first kappa shape index (κ1) is 24.5. The molecule has 2 bridgehead atoms. The fourth-order valence-corrected chi connectivity index (χ4v) is 8.06. The summed E-state index contributed by atoms with van der Waals surface area (Å²) in [4.78, 5) is 32.0. The molecule has 0 unspecified atom stereocenters. The summed E-state index contributed by atoms with van der Waals surface area (Å²) in [5.74, 6) is -0.0856. The van der Waals surface area contributed by atoms with Crippen molar-refractivity contribution < 1.29 is 9.59 Å². The maximum atomic E-state index is 14.2. The van der Waals surface area contributed by atoms with Crippen molar-refractivity contribution in [1.82, 2.24) is 9.80 Å². The third-order valence-corrected chi connectivity index (χ3v) is 9.48. The molecule has 3 fully saturated rings. The Morgan fingerprint density at radius 1 is 0.889 bits per heavy atom. The zero-order valence-electron chi connectivity index (χ0n) is 19.9. The van der Waals surface area contributed by atoms with E-state index in [1.54, 1.807) is 22.0 Å². The Labute approximate surface area is 220 Å². The highest BCUT2D eigenvalue weighted by Crippen LogP contribution is 2.52. The van der Waals surface area contributed by atoms with Crippen LogP contribution in [-0.2, 0) is 9.59 Å². The lowest BCUT2D eigenvalue weighted by atomic mass is 9.89. The van der Waals surface area contributed by atoms with Crippen LogP contribution in [0.5, 0.6) is 0 Å². The highest BCUT2D eigenvalue weighted by molar-refractivity contribution is 8.77. The van der Waals surface area contributed by atoms with Crippen LogP contribution in [0, 0.1) is 0 Å². The number of carbonyl (C=O) groups is 2. The van der Waals surface area contributed by atoms with Gasteiger partial charge in [-0.15, -0.1) is 0 Å². The molecule has 1 aliphatic carbocycles. The summed E-state index contributed by atoms with van der Waals surface area (Å²) in [6.45, 7) is 7.87. The molecule has 6 rings (SSSR count). The molecule has 0 N–H and O–H groups in total. The van der Waals surface area contributed by atoms with Gasteiger partial charge >= 0.3 is 0 Å². The number of carbonyl (C=O) groups excluding carboxylic acids is 2. The zero-order valence-corrected chi connectivity index (χ0v) is 21.5. The highest BCUT2D eigenvalue weighted by Gasteiger charge is 2.56. The van der Waals surface area contributed by atoms with E-state index in [1.807, 2.05) is 72.8 Å². The third kappa shape index (κ3) is 4.40. The monoisotopic (exact) mass is 512 g/mol. The Hall–Kier alpha value is -3.22. The molecule has 3 atom stereocenters. The lowest BCUT2D eigenvalue weighted by molar-refractivity contribution is -0.156. The molecule has 0 aromatic heterocycles. The van der Waals surface area contributed by atoms with E-state index < -0.39 is 10.7 Å². The normalized spacial score (nSPS) is 22.6. The van der Waals surface area contributed by atoms with Crippen LogP contribution in [0.1, 0.15) is 30.0 Å². The van der Waals surface area contributed by atoms with Crippen molar-refractivity contribution in [3.05, 3.63) is 133 Å². The van der Waals surface area contributed by atoms with Gasteiger partial charge in [0.1, 0.15) is 0 Å². The van der Waals surface area contributed by atoms with E-state index in [4.69, 9.17) is 0 Å².